The van der Waals surface area contributed by atoms with Crippen molar-refractivity contribution in [1.29, 1.82) is 0 Å². The molecule has 1 N–H and O–H groups in total. The van der Waals surface area contributed by atoms with Gasteiger partial charge in [-0.25, -0.2) is 0 Å². The van der Waals surface area contributed by atoms with Crippen LogP contribution in [-0.2, 0) is 4.79 Å². The first kappa shape index (κ1) is 15.3. The van der Waals surface area contributed by atoms with Crippen LogP contribution in [0.2, 0.25) is 0 Å². The van der Waals surface area contributed by atoms with Gasteiger partial charge in [-0.2, -0.15) is 13.2 Å². The van der Waals surface area contributed by atoms with E-state index in [9.17, 15) is 18.0 Å². The quantitative estimate of drug-likeness (QED) is 0.854. The molecule has 0 amide bonds. The van der Waals surface area contributed by atoms with Crippen LogP contribution in [0.1, 0.15) is 33.6 Å². The lowest BCUT2D eigenvalue weighted by Crippen LogP contribution is -2.46. The fraction of sp³-hybridized carbons (Fsp3) is 0.917. The summed E-state index contributed by atoms with van der Waals surface area (Å²) in [7, 11) is 0. The Morgan fingerprint density at radius 3 is 2.28 bits per heavy atom. The summed E-state index contributed by atoms with van der Waals surface area (Å²) in [6, 6.07) is -1.86. The maximum Gasteiger partial charge on any atom is 0.404 e. The van der Waals surface area contributed by atoms with Crippen LogP contribution in [0.5, 0.6) is 0 Å². The Labute approximate surface area is 105 Å². The monoisotopic (exact) mass is 267 g/mol. The molecule has 106 valence electrons. The van der Waals surface area contributed by atoms with Crippen molar-refractivity contribution >= 4 is 5.97 Å². The van der Waals surface area contributed by atoms with Crippen molar-refractivity contribution in [2.45, 2.75) is 45.8 Å². The van der Waals surface area contributed by atoms with E-state index >= 15 is 0 Å². The van der Waals surface area contributed by atoms with E-state index in [-0.39, 0.29) is 11.3 Å². The number of likely N-dealkylation sites (tertiary alicyclic amines) is 1. The highest BCUT2D eigenvalue weighted by Gasteiger charge is 2.47. The Hall–Kier alpha value is -0.780. The van der Waals surface area contributed by atoms with E-state index in [0.717, 1.165) is 0 Å². The minimum Gasteiger partial charge on any atom is -0.481 e. The Bertz CT molecular complexity index is 309. The molecule has 2 unspecified atom stereocenters. The second-order valence-corrected chi connectivity index (χ2v) is 6.00. The van der Waals surface area contributed by atoms with Gasteiger partial charge in [0.15, 0.2) is 0 Å². The Balaban J connectivity index is 2.75. The summed E-state index contributed by atoms with van der Waals surface area (Å²) in [6.07, 6.45) is -4.67. The average molecular weight is 267 g/mol. The van der Waals surface area contributed by atoms with Crippen LogP contribution in [0, 0.1) is 11.3 Å². The third-order valence-corrected chi connectivity index (χ3v) is 3.63. The molecule has 2 atom stereocenters. The van der Waals surface area contributed by atoms with Gasteiger partial charge in [-0.15, -0.1) is 0 Å². The number of nitrogens with zero attached hydrogens (tertiary/aromatic N) is 1. The predicted octanol–water partition coefficient (Wildman–Crippen LogP) is 2.76. The molecule has 0 aromatic rings. The van der Waals surface area contributed by atoms with Crippen LogP contribution in [0.3, 0.4) is 0 Å². The minimum atomic E-state index is -4.48. The van der Waals surface area contributed by atoms with Gasteiger partial charge >= 0.3 is 12.1 Å². The summed E-state index contributed by atoms with van der Waals surface area (Å²) in [6.45, 7) is 6.64. The standard InChI is InChI=1S/C12H20F3NO2/c1-11(2,3)8-4-5-16(7-8)9(6-10(17)18)12(13,14)15/h8-9H,4-7H2,1-3H3,(H,17,18). The summed E-state index contributed by atoms with van der Waals surface area (Å²) in [5.74, 6) is -1.23. The van der Waals surface area contributed by atoms with E-state index < -0.39 is 24.6 Å². The molecule has 1 rings (SSSR count). The zero-order chi connectivity index (χ0) is 14.1. The lowest BCUT2D eigenvalue weighted by atomic mass is 9.80. The molecule has 0 saturated carbocycles. The molecule has 1 fully saturated rings. The normalized spacial score (nSPS) is 24.2. The highest BCUT2D eigenvalue weighted by atomic mass is 19.4. The second kappa shape index (κ2) is 5.07. The molecule has 0 bridgehead atoms. The van der Waals surface area contributed by atoms with Crippen molar-refractivity contribution in [1.82, 2.24) is 4.90 Å². The summed E-state index contributed by atoms with van der Waals surface area (Å²) in [5, 5.41) is 8.61. The third-order valence-electron chi connectivity index (χ3n) is 3.63. The molecule has 6 heteroatoms. The summed E-state index contributed by atoms with van der Waals surface area (Å²) < 4.78 is 38.6. The zero-order valence-corrected chi connectivity index (χ0v) is 10.9. The SMILES string of the molecule is CC(C)(C)C1CCN(C(CC(=O)O)C(F)(F)F)C1. The van der Waals surface area contributed by atoms with E-state index in [1.54, 1.807) is 0 Å². The molecule has 0 aliphatic carbocycles. The van der Waals surface area contributed by atoms with Crippen LogP contribution >= 0.6 is 0 Å². The van der Waals surface area contributed by atoms with E-state index in [1.165, 1.54) is 4.90 Å². The van der Waals surface area contributed by atoms with Gasteiger partial charge in [-0.3, -0.25) is 9.69 Å². The van der Waals surface area contributed by atoms with Crippen molar-refractivity contribution in [3.05, 3.63) is 0 Å². The number of hydrogen-bond donors (Lipinski definition) is 1. The molecule has 18 heavy (non-hydrogen) atoms. The van der Waals surface area contributed by atoms with Crippen LogP contribution in [0.4, 0.5) is 13.2 Å². The number of hydrogen-bond acceptors (Lipinski definition) is 2. The molecule has 0 aromatic heterocycles. The fourth-order valence-corrected chi connectivity index (χ4v) is 2.39. The first-order chi connectivity index (χ1) is 8.01. The maximum atomic E-state index is 12.9. The molecule has 0 spiro atoms. The smallest absolute Gasteiger partial charge is 0.404 e. The number of alkyl halides is 3. The molecule has 1 aliphatic heterocycles. The second-order valence-electron chi connectivity index (χ2n) is 6.00. The molecular formula is C12H20F3NO2. The zero-order valence-electron chi connectivity index (χ0n) is 10.9. The molecular weight excluding hydrogens is 247 g/mol. The van der Waals surface area contributed by atoms with Crippen molar-refractivity contribution in [2.24, 2.45) is 11.3 Å². The van der Waals surface area contributed by atoms with Gasteiger partial charge in [-0.1, -0.05) is 20.8 Å². The number of carboxylic acid groups (broad SMARTS) is 1. The van der Waals surface area contributed by atoms with Gasteiger partial charge in [0.1, 0.15) is 6.04 Å². The average Bonchev–Trinajstić information content (AvgIpc) is 2.59. The Kier molecular flexibility index (Phi) is 4.30. The summed E-state index contributed by atoms with van der Waals surface area (Å²) in [5.41, 5.74) is -0.0475. The first-order valence-electron chi connectivity index (χ1n) is 6.04. The van der Waals surface area contributed by atoms with Crippen LogP contribution < -0.4 is 0 Å². The van der Waals surface area contributed by atoms with Gasteiger partial charge in [0.2, 0.25) is 0 Å². The topological polar surface area (TPSA) is 40.5 Å². The highest BCUT2D eigenvalue weighted by molar-refractivity contribution is 5.67. The molecule has 0 aromatic carbocycles. The molecule has 1 heterocycles. The van der Waals surface area contributed by atoms with Gasteiger partial charge < -0.3 is 5.11 Å². The minimum absolute atomic E-state index is 0.0475. The lowest BCUT2D eigenvalue weighted by molar-refractivity contribution is -0.188. The van der Waals surface area contributed by atoms with Crippen LogP contribution in [0.25, 0.3) is 0 Å². The Morgan fingerprint density at radius 1 is 1.39 bits per heavy atom. The number of halogens is 3. The molecule has 1 aliphatic rings. The third kappa shape index (κ3) is 3.86. The number of carboxylic acids is 1. The van der Waals surface area contributed by atoms with Crippen LogP contribution in [-0.4, -0.2) is 41.3 Å². The van der Waals surface area contributed by atoms with Crippen molar-refractivity contribution in [3.8, 4) is 0 Å². The van der Waals surface area contributed by atoms with E-state index in [4.69, 9.17) is 5.11 Å². The molecule has 3 nitrogen and oxygen atoms in total. The molecule has 0 radical (unpaired) electrons. The van der Waals surface area contributed by atoms with Gasteiger partial charge in [0, 0.05) is 6.54 Å². The van der Waals surface area contributed by atoms with Crippen LogP contribution in [0.15, 0.2) is 0 Å². The fourth-order valence-electron chi connectivity index (χ4n) is 2.39. The van der Waals surface area contributed by atoms with E-state index in [1.807, 2.05) is 20.8 Å². The van der Waals surface area contributed by atoms with Crippen molar-refractivity contribution in [3.63, 3.8) is 0 Å². The summed E-state index contributed by atoms with van der Waals surface area (Å²) in [4.78, 5) is 11.8. The summed E-state index contributed by atoms with van der Waals surface area (Å²) >= 11 is 0. The Morgan fingerprint density at radius 2 is 1.94 bits per heavy atom. The highest BCUT2D eigenvalue weighted by Crippen LogP contribution is 2.37. The number of rotatable bonds is 3. The van der Waals surface area contributed by atoms with Crippen molar-refractivity contribution < 1.29 is 23.1 Å². The maximum absolute atomic E-state index is 12.9. The lowest BCUT2D eigenvalue weighted by Gasteiger charge is -2.31. The predicted molar refractivity (Wildman–Crippen MR) is 61.2 cm³/mol. The van der Waals surface area contributed by atoms with Gasteiger partial charge in [0.05, 0.1) is 6.42 Å². The van der Waals surface area contributed by atoms with E-state index in [2.05, 4.69) is 0 Å². The van der Waals surface area contributed by atoms with E-state index in [0.29, 0.717) is 19.5 Å². The number of aliphatic carboxylic acids is 1. The number of carbonyl (C=O) groups is 1. The largest absolute Gasteiger partial charge is 0.481 e. The van der Waals surface area contributed by atoms with Crippen molar-refractivity contribution in [2.75, 3.05) is 13.1 Å². The van der Waals surface area contributed by atoms with Gasteiger partial charge in [-0.05, 0) is 24.3 Å². The van der Waals surface area contributed by atoms with Gasteiger partial charge in [0.25, 0.3) is 0 Å². The first-order valence-corrected chi connectivity index (χ1v) is 6.04. The molecule has 1 saturated heterocycles.